The van der Waals surface area contributed by atoms with E-state index in [1.807, 2.05) is 6.92 Å². The zero-order chi connectivity index (χ0) is 19.7. The summed E-state index contributed by atoms with van der Waals surface area (Å²) in [6.45, 7) is 2.00. The van der Waals surface area contributed by atoms with Crippen molar-refractivity contribution in [3.8, 4) is 0 Å². The Morgan fingerprint density at radius 2 is 2.07 bits per heavy atom. The molecule has 28 heavy (non-hydrogen) atoms. The summed E-state index contributed by atoms with van der Waals surface area (Å²) in [6.07, 6.45) is 2.32. The number of carbonyl (C=O) groups is 1. The smallest absolute Gasteiger partial charge is 0.408 e. The van der Waals surface area contributed by atoms with Gasteiger partial charge in [-0.05, 0) is 49.1 Å². The minimum absolute atomic E-state index is 0.140. The van der Waals surface area contributed by atoms with Crippen LogP contribution < -0.4 is 11.1 Å². The Morgan fingerprint density at radius 3 is 2.82 bits per heavy atom. The standard InChI is InChI=1S/C21H21FN2O4/c1-2-21(10-9-17(28-21)13-3-5-14(22)6-4-13)12-19(25)23-15-7-8-16-18(11-15)27-20(26)24-16/h3-8,11,17H,2,9-10,12H2,1H3,(H,23,25)(H,24,26). The number of aromatic amines is 1. The van der Waals surface area contributed by atoms with Gasteiger partial charge in [-0.3, -0.25) is 9.78 Å². The van der Waals surface area contributed by atoms with Gasteiger partial charge < -0.3 is 14.5 Å². The van der Waals surface area contributed by atoms with E-state index < -0.39 is 11.4 Å². The molecule has 4 rings (SSSR count). The zero-order valence-corrected chi connectivity index (χ0v) is 15.5. The number of hydrogen-bond acceptors (Lipinski definition) is 4. The Hall–Kier alpha value is -2.93. The van der Waals surface area contributed by atoms with Gasteiger partial charge in [0.1, 0.15) is 5.82 Å². The van der Waals surface area contributed by atoms with Crippen LogP contribution in [-0.4, -0.2) is 16.5 Å². The van der Waals surface area contributed by atoms with Crippen LogP contribution in [0.1, 0.15) is 44.3 Å². The molecule has 2 heterocycles. The number of oxazole rings is 1. The van der Waals surface area contributed by atoms with Crippen molar-refractivity contribution in [2.24, 2.45) is 0 Å². The number of benzene rings is 2. The van der Waals surface area contributed by atoms with Gasteiger partial charge in [-0.25, -0.2) is 9.18 Å². The third-order valence-electron chi connectivity index (χ3n) is 5.33. The molecular weight excluding hydrogens is 363 g/mol. The Kier molecular flexibility index (Phi) is 4.77. The molecular formula is C21H21FN2O4. The fourth-order valence-corrected chi connectivity index (χ4v) is 3.76. The average Bonchev–Trinajstić information content (AvgIpc) is 3.25. The summed E-state index contributed by atoms with van der Waals surface area (Å²) in [5.74, 6) is -0.980. The molecule has 7 heteroatoms. The molecule has 3 aromatic rings. The van der Waals surface area contributed by atoms with E-state index in [1.54, 1.807) is 30.3 Å². The maximum atomic E-state index is 13.1. The number of halogens is 1. The van der Waals surface area contributed by atoms with Gasteiger partial charge in [-0.1, -0.05) is 19.1 Å². The third kappa shape index (κ3) is 3.71. The van der Waals surface area contributed by atoms with Crippen LogP contribution in [0.25, 0.3) is 11.1 Å². The minimum atomic E-state index is -0.548. The summed E-state index contributed by atoms with van der Waals surface area (Å²) in [6, 6.07) is 11.3. The summed E-state index contributed by atoms with van der Waals surface area (Å²) in [5.41, 5.74) is 1.90. The van der Waals surface area contributed by atoms with Crippen LogP contribution >= 0.6 is 0 Å². The number of hydrogen-bond donors (Lipinski definition) is 2. The van der Waals surface area contributed by atoms with Crippen molar-refractivity contribution in [1.82, 2.24) is 4.98 Å². The van der Waals surface area contributed by atoms with Crippen molar-refractivity contribution in [2.75, 3.05) is 5.32 Å². The highest BCUT2D eigenvalue weighted by atomic mass is 19.1. The first-order valence-electron chi connectivity index (χ1n) is 9.32. The van der Waals surface area contributed by atoms with Crippen LogP contribution in [0.3, 0.4) is 0 Å². The molecule has 0 aliphatic carbocycles. The van der Waals surface area contributed by atoms with Gasteiger partial charge in [-0.15, -0.1) is 0 Å². The Labute approximate surface area is 160 Å². The van der Waals surface area contributed by atoms with E-state index in [2.05, 4.69) is 10.3 Å². The van der Waals surface area contributed by atoms with Gasteiger partial charge in [0.25, 0.3) is 0 Å². The monoisotopic (exact) mass is 384 g/mol. The Balaban J connectivity index is 1.44. The lowest BCUT2D eigenvalue weighted by Crippen LogP contribution is -2.33. The lowest BCUT2D eigenvalue weighted by Gasteiger charge is -2.28. The number of amides is 1. The lowest BCUT2D eigenvalue weighted by molar-refractivity contribution is -0.124. The van der Waals surface area contributed by atoms with Gasteiger partial charge in [0.15, 0.2) is 5.58 Å². The number of nitrogens with one attached hydrogen (secondary N) is 2. The van der Waals surface area contributed by atoms with Crippen LogP contribution in [-0.2, 0) is 9.53 Å². The number of H-pyrrole nitrogens is 1. The molecule has 1 saturated heterocycles. The van der Waals surface area contributed by atoms with Gasteiger partial charge in [0.05, 0.1) is 23.6 Å². The van der Waals surface area contributed by atoms with Gasteiger partial charge in [0, 0.05) is 11.8 Å². The maximum Gasteiger partial charge on any atom is 0.417 e. The van der Waals surface area contributed by atoms with Gasteiger partial charge >= 0.3 is 5.76 Å². The first-order chi connectivity index (χ1) is 13.5. The summed E-state index contributed by atoms with van der Waals surface area (Å²) in [5, 5.41) is 2.85. The molecule has 1 aliphatic rings. The van der Waals surface area contributed by atoms with E-state index in [0.717, 1.165) is 18.4 Å². The van der Waals surface area contributed by atoms with E-state index in [0.29, 0.717) is 23.2 Å². The molecule has 0 radical (unpaired) electrons. The van der Waals surface area contributed by atoms with Crippen LogP contribution in [0.15, 0.2) is 51.7 Å². The second-order valence-electron chi connectivity index (χ2n) is 7.18. The first kappa shape index (κ1) is 18.4. The molecule has 1 aliphatic heterocycles. The molecule has 0 spiro atoms. The Bertz CT molecular complexity index is 1060. The molecule has 1 fully saturated rings. The van der Waals surface area contributed by atoms with Gasteiger partial charge in [0.2, 0.25) is 5.91 Å². The number of ether oxygens (including phenoxy) is 1. The molecule has 1 aromatic heterocycles. The van der Waals surface area contributed by atoms with Crippen molar-refractivity contribution < 1.29 is 18.3 Å². The minimum Gasteiger partial charge on any atom is -0.408 e. The predicted octanol–water partition coefficient (Wildman–Crippen LogP) is 4.29. The number of anilines is 1. The van der Waals surface area contributed by atoms with E-state index in [9.17, 15) is 14.0 Å². The second-order valence-corrected chi connectivity index (χ2v) is 7.18. The average molecular weight is 384 g/mol. The first-order valence-corrected chi connectivity index (χ1v) is 9.32. The molecule has 2 unspecified atom stereocenters. The highest BCUT2D eigenvalue weighted by Crippen LogP contribution is 2.43. The van der Waals surface area contributed by atoms with E-state index in [1.165, 1.54) is 12.1 Å². The van der Waals surface area contributed by atoms with E-state index >= 15 is 0 Å². The summed E-state index contributed by atoms with van der Waals surface area (Å²) in [4.78, 5) is 26.4. The lowest BCUT2D eigenvalue weighted by atomic mass is 9.92. The Morgan fingerprint density at radius 1 is 1.29 bits per heavy atom. The molecule has 0 bridgehead atoms. The molecule has 2 atom stereocenters. The quantitative estimate of drug-likeness (QED) is 0.687. The zero-order valence-electron chi connectivity index (χ0n) is 15.5. The predicted molar refractivity (Wildman–Crippen MR) is 103 cm³/mol. The number of fused-ring (bicyclic) bond motifs is 1. The molecule has 0 saturated carbocycles. The fourth-order valence-electron chi connectivity index (χ4n) is 3.76. The fraction of sp³-hybridized carbons (Fsp3) is 0.333. The second kappa shape index (κ2) is 7.24. The van der Waals surface area contributed by atoms with Crippen LogP contribution in [0.4, 0.5) is 10.1 Å². The normalized spacial score (nSPS) is 21.9. The van der Waals surface area contributed by atoms with Crippen LogP contribution in [0.5, 0.6) is 0 Å². The van der Waals surface area contributed by atoms with Crippen molar-refractivity contribution in [3.05, 3.63) is 64.4 Å². The van der Waals surface area contributed by atoms with Crippen molar-refractivity contribution in [2.45, 2.75) is 44.3 Å². The number of carbonyl (C=O) groups excluding carboxylic acids is 1. The highest BCUT2D eigenvalue weighted by Gasteiger charge is 2.41. The third-order valence-corrected chi connectivity index (χ3v) is 5.33. The molecule has 6 nitrogen and oxygen atoms in total. The molecule has 146 valence electrons. The molecule has 2 aromatic carbocycles. The van der Waals surface area contributed by atoms with E-state index in [-0.39, 0.29) is 24.2 Å². The van der Waals surface area contributed by atoms with E-state index in [4.69, 9.17) is 9.15 Å². The topological polar surface area (TPSA) is 84.3 Å². The number of rotatable bonds is 5. The number of aromatic nitrogens is 1. The largest absolute Gasteiger partial charge is 0.417 e. The maximum absolute atomic E-state index is 13.1. The summed E-state index contributed by atoms with van der Waals surface area (Å²) < 4.78 is 24.4. The molecule has 1 amide bonds. The summed E-state index contributed by atoms with van der Waals surface area (Å²) in [7, 11) is 0. The van der Waals surface area contributed by atoms with Gasteiger partial charge in [-0.2, -0.15) is 0 Å². The van der Waals surface area contributed by atoms with Crippen LogP contribution in [0, 0.1) is 5.82 Å². The van der Waals surface area contributed by atoms with Crippen molar-refractivity contribution >= 4 is 22.7 Å². The van der Waals surface area contributed by atoms with Crippen molar-refractivity contribution in [3.63, 3.8) is 0 Å². The summed E-state index contributed by atoms with van der Waals surface area (Å²) >= 11 is 0. The van der Waals surface area contributed by atoms with Crippen LogP contribution in [0.2, 0.25) is 0 Å². The highest BCUT2D eigenvalue weighted by molar-refractivity contribution is 5.93. The molecule has 2 N–H and O–H groups in total. The SMILES string of the molecule is CCC1(CC(=O)Nc2ccc3[nH]c(=O)oc3c2)CCC(c2ccc(F)cc2)O1. The van der Waals surface area contributed by atoms with Crippen molar-refractivity contribution in [1.29, 1.82) is 0 Å².